The molecule has 4 rings (SSSR count). The molecule has 0 heterocycles. The molecule has 0 aliphatic rings. The first-order valence-electron chi connectivity index (χ1n) is 11.9. The van der Waals surface area contributed by atoms with Gasteiger partial charge in [0.2, 0.25) is 10.0 Å². The topological polar surface area (TPSA) is 98.5 Å². The maximum absolute atomic E-state index is 14.2. The van der Waals surface area contributed by atoms with E-state index in [9.17, 15) is 13.2 Å². The minimum Gasteiger partial charge on any atom is -0.496 e. The molecule has 190 valence electrons. The second-order valence-corrected chi connectivity index (χ2v) is 10.6. The molecule has 0 bridgehead atoms. The van der Waals surface area contributed by atoms with Crippen molar-refractivity contribution < 1.29 is 17.9 Å². The Labute approximate surface area is 218 Å². The van der Waals surface area contributed by atoms with Crippen molar-refractivity contribution in [2.45, 2.75) is 29.8 Å². The lowest BCUT2D eigenvalue weighted by Gasteiger charge is -2.28. The van der Waals surface area contributed by atoms with Gasteiger partial charge in [0.15, 0.2) is 5.78 Å². The number of sulfonamides is 1. The third-order valence-electron chi connectivity index (χ3n) is 6.34. The van der Waals surface area contributed by atoms with Gasteiger partial charge in [-0.1, -0.05) is 96.6 Å². The summed E-state index contributed by atoms with van der Waals surface area (Å²) in [5, 5.41) is 0. The van der Waals surface area contributed by atoms with Crippen LogP contribution >= 0.6 is 0 Å². The van der Waals surface area contributed by atoms with Crippen molar-refractivity contribution in [1.29, 1.82) is 0 Å². The van der Waals surface area contributed by atoms with E-state index in [0.717, 1.165) is 16.7 Å². The number of hydrogen-bond donors (Lipinski definition) is 2. The predicted octanol–water partition coefficient (Wildman–Crippen LogP) is 4.75. The largest absolute Gasteiger partial charge is 0.496 e. The summed E-state index contributed by atoms with van der Waals surface area (Å²) in [6.45, 7) is 1.87. The van der Waals surface area contributed by atoms with Gasteiger partial charge < -0.3 is 10.5 Å². The first kappa shape index (κ1) is 26.3. The molecule has 37 heavy (non-hydrogen) atoms. The number of ketones is 1. The fourth-order valence-electron chi connectivity index (χ4n) is 4.40. The predicted molar refractivity (Wildman–Crippen MR) is 145 cm³/mol. The first-order valence-corrected chi connectivity index (χ1v) is 13.4. The molecule has 3 N–H and O–H groups in total. The zero-order chi connectivity index (χ0) is 26.4. The van der Waals surface area contributed by atoms with Gasteiger partial charge in [0.05, 0.1) is 18.0 Å². The van der Waals surface area contributed by atoms with E-state index in [0.29, 0.717) is 11.3 Å². The van der Waals surface area contributed by atoms with Crippen LogP contribution < -0.4 is 15.2 Å². The van der Waals surface area contributed by atoms with Gasteiger partial charge in [0, 0.05) is 11.5 Å². The number of nitrogens with one attached hydrogen (secondary N) is 1. The highest BCUT2D eigenvalue weighted by Gasteiger charge is 2.36. The number of hydrogen-bond acceptors (Lipinski definition) is 5. The Kier molecular flexibility index (Phi) is 8.18. The zero-order valence-corrected chi connectivity index (χ0v) is 21.6. The Morgan fingerprint density at radius 2 is 1.30 bits per heavy atom. The molecule has 4 aromatic rings. The quantitative estimate of drug-likeness (QED) is 0.318. The summed E-state index contributed by atoms with van der Waals surface area (Å²) in [4.78, 5) is 14.2. The van der Waals surface area contributed by atoms with Crippen LogP contribution in [0, 0.1) is 6.92 Å². The van der Waals surface area contributed by atoms with Crippen molar-refractivity contribution in [3.63, 3.8) is 0 Å². The minimum atomic E-state index is -4.06. The van der Waals surface area contributed by atoms with Crippen molar-refractivity contribution in [2.24, 2.45) is 5.73 Å². The van der Waals surface area contributed by atoms with E-state index in [1.165, 1.54) is 19.2 Å². The highest BCUT2D eigenvalue weighted by atomic mass is 32.2. The van der Waals surface area contributed by atoms with Gasteiger partial charge in [-0.3, -0.25) is 4.79 Å². The van der Waals surface area contributed by atoms with Gasteiger partial charge in [-0.05, 0) is 36.2 Å². The Hall–Kier alpha value is -3.78. The summed E-state index contributed by atoms with van der Waals surface area (Å²) in [7, 11) is -2.59. The Bertz CT molecular complexity index is 1400. The lowest BCUT2D eigenvalue weighted by molar-refractivity contribution is -0.122. The van der Waals surface area contributed by atoms with E-state index >= 15 is 0 Å². The third kappa shape index (κ3) is 5.97. The fraction of sp³-hybridized carbons (Fsp3) is 0.167. The molecule has 0 fully saturated rings. The van der Waals surface area contributed by atoms with Gasteiger partial charge in [0.25, 0.3) is 0 Å². The molecular formula is C30H30N2O4S. The number of Topliss-reactive ketones (excluding diaryl/α,β-unsaturated/α-hetero) is 1. The number of carbonyl (C=O) groups is 1. The van der Waals surface area contributed by atoms with Gasteiger partial charge >= 0.3 is 0 Å². The lowest BCUT2D eigenvalue weighted by atomic mass is 9.81. The summed E-state index contributed by atoms with van der Waals surface area (Å²) in [6, 6.07) is 30.0. The number of ether oxygens (including phenoxy) is 1. The maximum atomic E-state index is 14.2. The van der Waals surface area contributed by atoms with Gasteiger partial charge in [0.1, 0.15) is 11.8 Å². The van der Waals surface area contributed by atoms with Crippen LogP contribution in [0.1, 0.15) is 34.2 Å². The van der Waals surface area contributed by atoms with Crippen LogP contribution in [0.4, 0.5) is 0 Å². The fourth-order valence-corrected chi connectivity index (χ4v) is 5.59. The normalized spacial score (nSPS) is 13.2. The molecule has 2 unspecified atom stereocenters. The minimum absolute atomic E-state index is 0.0574. The molecule has 0 aromatic heterocycles. The first-order chi connectivity index (χ1) is 17.8. The van der Waals surface area contributed by atoms with Crippen LogP contribution in [0.2, 0.25) is 0 Å². The highest BCUT2D eigenvalue weighted by Crippen LogP contribution is 2.33. The van der Waals surface area contributed by atoms with Crippen molar-refractivity contribution in [3.05, 3.63) is 131 Å². The molecule has 0 radical (unpaired) electrons. The number of nitrogens with two attached hydrogens (primary N) is 1. The van der Waals surface area contributed by atoms with E-state index in [4.69, 9.17) is 10.5 Å². The molecule has 0 aliphatic carbocycles. The summed E-state index contributed by atoms with van der Waals surface area (Å²) < 4.78 is 35.0. The van der Waals surface area contributed by atoms with E-state index < -0.39 is 33.8 Å². The summed E-state index contributed by atoms with van der Waals surface area (Å²) in [5.74, 6) is -0.579. The van der Waals surface area contributed by atoms with Gasteiger partial charge in [-0.2, -0.15) is 4.72 Å². The molecule has 4 aromatic carbocycles. The monoisotopic (exact) mass is 514 g/mol. The number of methoxy groups -OCH3 is 1. The number of para-hydroxylation sites is 1. The molecular weight excluding hydrogens is 484 g/mol. The van der Waals surface area contributed by atoms with Crippen molar-refractivity contribution >= 4 is 15.8 Å². The Morgan fingerprint density at radius 1 is 0.784 bits per heavy atom. The van der Waals surface area contributed by atoms with Crippen LogP contribution in [0.3, 0.4) is 0 Å². The zero-order valence-electron chi connectivity index (χ0n) is 20.7. The molecule has 0 saturated heterocycles. The molecule has 7 heteroatoms. The SMILES string of the molecule is COc1ccccc1C(NS(=O)(=O)c1ccc(C)cc1)C(=O)C(N)C(c1ccccc1)c1ccccc1. The second kappa shape index (κ2) is 11.5. The molecule has 6 nitrogen and oxygen atoms in total. The summed E-state index contributed by atoms with van der Waals surface area (Å²) >= 11 is 0. The maximum Gasteiger partial charge on any atom is 0.241 e. The van der Waals surface area contributed by atoms with E-state index in [-0.39, 0.29) is 4.90 Å². The smallest absolute Gasteiger partial charge is 0.241 e. The number of rotatable bonds is 10. The van der Waals surface area contributed by atoms with Crippen molar-refractivity contribution in [2.75, 3.05) is 7.11 Å². The van der Waals surface area contributed by atoms with Crippen LogP contribution in [-0.4, -0.2) is 27.4 Å². The molecule has 2 atom stereocenters. The molecule has 0 amide bonds. The van der Waals surface area contributed by atoms with Crippen molar-refractivity contribution in [3.8, 4) is 5.75 Å². The summed E-state index contributed by atoms with van der Waals surface area (Å²) in [6.07, 6.45) is 0. The highest BCUT2D eigenvalue weighted by molar-refractivity contribution is 7.89. The average Bonchev–Trinajstić information content (AvgIpc) is 2.93. The number of carbonyl (C=O) groups excluding carboxylic acids is 1. The average molecular weight is 515 g/mol. The molecule has 0 spiro atoms. The van der Waals surface area contributed by atoms with Crippen LogP contribution in [0.15, 0.2) is 114 Å². The molecule has 0 aliphatic heterocycles. The second-order valence-electron chi connectivity index (χ2n) is 8.84. The van der Waals surface area contributed by atoms with E-state index in [1.807, 2.05) is 67.6 Å². The standard InChI is InChI=1S/C30H30N2O4S/c1-21-17-19-24(20-18-21)37(34,35)32-29(25-15-9-10-16-26(25)36-2)30(33)28(31)27(22-11-5-3-6-12-22)23-13-7-4-8-14-23/h3-20,27-29,32H,31H2,1-2H3. The third-order valence-corrected chi connectivity index (χ3v) is 7.78. The number of benzene rings is 4. The Morgan fingerprint density at radius 3 is 1.84 bits per heavy atom. The Balaban J connectivity index is 1.79. The van der Waals surface area contributed by atoms with Crippen LogP contribution in [0.5, 0.6) is 5.75 Å². The molecule has 0 saturated carbocycles. The van der Waals surface area contributed by atoms with Gasteiger partial charge in [-0.25, -0.2) is 8.42 Å². The van der Waals surface area contributed by atoms with Crippen LogP contribution in [-0.2, 0) is 14.8 Å². The van der Waals surface area contributed by atoms with E-state index in [2.05, 4.69) is 4.72 Å². The van der Waals surface area contributed by atoms with E-state index in [1.54, 1.807) is 36.4 Å². The van der Waals surface area contributed by atoms with Gasteiger partial charge in [-0.15, -0.1) is 0 Å². The van der Waals surface area contributed by atoms with Crippen molar-refractivity contribution in [1.82, 2.24) is 4.72 Å². The van der Waals surface area contributed by atoms with Crippen LogP contribution in [0.25, 0.3) is 0 Å². The summed E-state index contributed by atoms with van der Waals surface area (Å²) in [5.41, 5.74) is 9.73. The lowest BCUT2D eigenvalue weighted by Crippen LogP contribution is -2.45. The number of aryl methyl sites for hydroxylation is 1.